The number of aryl methyl sites for hydroxylation is 1. The molecule has 19 heavy (non-hydrogen) atoms. The van der Waals surface area contributed by atoms with Crippen molar-refractivity contribution < 1.29 is 14.6 Å². The summed E-state index contributed by atoms with van der Waals surface area (Å²) in [5.74, 6) is 2.12. The molecule has 0 bridgehead atoms. The lowest BCUT2D eigenvalue weighted by molar-refractivity contribution is 0.0932. The normalized spacial score (nSPS) is 18.7. The van der Waals surface area contributed by atoms with Crippen molar-refractivity contribution in [3.05, 3.63) is 29.3 Å². The molecule has 0 radical (unpaired) electrons. The summed E-state index contributed by atoms with van der Waals surface area (Å²) in [4.78, 5) is 0. The minimum atomic E-state index is 0.0908. The van der Waals surface area contributed by atoms with Crippen LogP contribution in [0.5, 0.6) is 5.75 Å². The first-order chi connectivity index (χ1) is 9.35. The van der Waals surface area contributed by atoms with Crippen LogP contribution >= 0.6 is 11.8 Å². The summed E-state index contributed by atoms with van der Waals surface area (Å²) >= 11 is 1.95. The molecule has 1 heterocycles. The van der Waals surface area contributed by atoms with Crippen LogP contribution in [-0.4, -0.2) is 37.3 Å². The van der Waals surface area contributed by atoms with Gasteiger partial charge in [0.15, 0.2) is 0 Å². The molecule has 0 saturated carbocycles. The van der Waals surface area contributed by atoms with Crippen molar-refractivity contribution in [2.24, 2.45) is 0 Å². The number of fused-ring (bicyclic) bond motifs is 1. The van der Waals surface area contributed by atoms with Gasteiger partial charge in [-0.25, -0.2) is 0 Å². The third-order valence-electron chi connectivity index (χ3n) is 3.19. The van der Waals surface area contributed by atoms with E-state index in [0.717, 1.165) is 17.9 Å². The number of benzene rings is 1. The Balaban J connectivity index is 2.12. The molecule has 0 aliphatic carbocycles. The molecule has 1 unspecified atom stereocenters. The van der Waals surface area contributed by atoms with Crippen LogP contribution in [0.1, 0.15) is 29.7 Å². The summed E-state index contributed by atoms with van der Waals surface area (Å²) in [6, 6.07) is 6.39. The molecule has 0 fully saturated rings. The second-order valence-corrected chi connectivity index (χ2v) is 5.87. The smallest absolute Gasteiger partial charge is 0.119 e. The molecule has 106 valence electrons. The predicted molar refractivity (Wildman–Crippen MR) is 79.0 cm³/mol. The van der Waals surface area contributed by atoms with Gasteiger partial charge in [-0.05, 0) is 48.8 Å². The van der Waals surface area contributed by atoms with Crippen molar-refractivity contribution in [1.82, 2.24) is 0 Å². The van der Waals surface area contributed by atoms with Gasteiger partial charge < -0.3 is 14.6 Å². The zero-order chi connectivity index (χ0) is 13.5. The SMILES string of the molecule is CCOc1ccc2c(c1)CCCSC2COCCO. The molecule has 1 atom stereocenters. The molecule has 1 N–H and O–H groups in total. The van der Waals surface area contributed by atoms with E-state index in [0.29, 0.717) is 25.1 Å². The van der Waals surface area contributed by atoms with Crippen LogP contribution < -0.4 is 4.74 Å². The molecular weight excluding hydrogens is 260 g/mol. The summed E-state index contributed by atoms with van der Waals surface area (Å²) in [5.41, 5.74) is 2.75. The van der Waals surface area contributed by atoms with E-state index in [1.807, 2.05) is 24.8 Å². The van der Waals surface area contributed by atoms with Gasteiger partial charge >= 0.3 is 0 Å². The molecule has 3 nitrogen and oxygen atoms in total. The highest BCUT2D eigenvalue weighted by atomic mass is 32.2. The Morgan fingerprint density at radius 2 is 2.32 bits per heavy atom. The number of thioether (sulfide) groups is 1. The van der Waals surface area contributed by atoms with E-state index in [-0.39, 0.29) is 6.61 Å². The molecule has 1 aliphatic rings. The zero-order valence-electron chi connectivity index (χ0n) is 11.4. The van der Waals surface area contributed by atoms with Crippen molar-refractivity contribution in [3.8, 4) is 5.75 Å². The average Bonchev–Trinajstić information content (AvgIpc) is 2.62. The quantitative estimate of drug-likeness (QED) is 0.814. The van der Waals surface area contributed by atoms with Crippen molar-refractivity contribution >= 4 is 11.8 Å². The maximum Gasteiger partial charge on any atom is 0.119 e. The fraction of sp³-hybridized carbons (Fsp3) is 0.600. The number of aliphatic hydroxyl groups is 1. The molecular formula is C15H22O3S. The summed E-state index contributed by atoms with van der Waals surface area (Å²) in [6.07, 6.45) is 2.31. The number of ether oxygens (including phenoxy) is 2. The van der Waals surface area contributed by atoms with Gasteiger partial charge in [0.2, 0.25) is 0 Å². The van der Waals surface area contributed by atoms with E-state index >= 15 is 0 Å². The largest absolute Gasteiger partial charge is 0.494 e. The maximum atomic E-state index is 8.79. The highest BCUT2D eigenvalue weighted by Gasteiger charge is 2.19. The second kappa shape index (κ2) is 7.78. The third kappa shape index (κ3) is 4.13. The lowest BCUT2D eigenvalue weighted by Crippen LogP contribution is -2.09. The van der Waals surface area contributed by atoms with Crippen LogP contribution in [0.4, 0.5) is 0 Å². The molecule has 0 aromatic heterocycles. The lowest BCUT2D eigenvalue weighted by Gasteiger charge is -2.18. The average molecular weight is 282 g/mol. The highest BCUT2D eigenvalue weighted by molar-refractivity contribution is 7.99. The molecule has 1 aromatic carbocycles. The molecule has 4 heteroatoms. The van der Waals surface area contributed by atoms with Crippen LogP contribution in [0.3, 0.4) is 0 Å². The van der Waals surface area contributed by atoms with Gasteiger partial charge in [-0.2, -0.15) is 11.8 Å². The van der Waals surface area contributed by atoms with E-state index in [1.165, 1.54) is 17.5 Å². The summed E-state index contributed by atoms with van der Waals surface area (Å²) in [5, 5.41) is 9.17. The van der Waals surface area contributed by atoms with Gasteiger partial charge in [-0.3, -0.25) is 0 Å². The molecule has 1 aliphatic heterocycles. The van der Waals surface area contributed by atoms with Gasteiger partial charge in [0.25, 0.3) is 0 Å². The van der Waals surface area contributed by atoms with Gasteiger partial charge in [0.1, 0.15) is 5.75 Å². The molecule has 0 amide bonds. The third-order valence-corrected chi connectivity index (χ3v) is 4.50. The fourth-order valence-corrected chi connectivity index (χ4v) is 3.54. The van der Waals surface area contributed by atoms with Crippen LogP contribution in [0.15, 0.2) is 18.2 Å². The van der Waals surface area contributed by atoms with Crippen LogP contribution in [0.25, 0.3) is 0 Å². The molecule has 1 aromatic rings. The Morgan fingerprint density at radius 3 is 3.11 bits per heavy atom. The predicted octanol–water partition coefficient (Wildman–Crippen LogP) is 2.81. The first-order valence-corrected chi connectivity index (χ1v) is 7.96. The van der Waals surface area contributed by atoms with Gasteiger partial charge in [0.05, 0.1) is 31.7 Å². The van der Waals surface area contributed by atoms with Gasteiger partial charge in [-0.15, -0.1) is 0 Å². The summed E-state index contributed by atoms with van der Waals surface area (Å²) < 4.78 is 11.1. The minimum absolute atomic E-state index is 0.0908. The summed E-state index contributed by atoms with van der Waals surface area (Å²) in [6.45, 7) is 3.90. The zero-order valence-corrected chi connectivity index (χ0v) is 12.2. The minimum Gasteiger partial charge on any atom is -0.494 e. The molecule has 0 saturated heterocycles. The van der Waals surface area contributed by atoms with E-state index in [4.69, 9.17) is 14.6 Å². The van der Waals surface area contributed by atoms with Crippen molar-refractivity contribution in [1.29, 1.82) is 0 Å². The Labute approximate surface area is 119 Å². The van der Waals surface area contributed by atoms with Crippen LogP contribution in [-0.2, 0) is 11.2 Å². The fourth-order valence-electron chi connectivity index (χ4n) is 2.34. The highest BCUT2D eigenvalue weighted by Crippen LogP contribution is 2.37. The molecule has 0 spiro atoms. The van der Waals surface area contributed by atoms with Crippen molar-refractivity contribution in [2.45, 2.75) is 25.0 Å². The van der Waals surface area contributed by atoms with Crippen LogP contribution in [0.2, 0.25) is 0 Å². The standard InChI is InChI=1S/C15H22O3S/c1-2-18-13-5-6-14-12(10-13)4-3-9-19-15(14)11-17-8-7-16/h5-6,10,15-16H,2-4,7-9,11H2,1H3. The number of hydrogen-bond donors (Lipinski definition) is 1. The maximum absolute atomic E-state index is 8.79. The summed E-state index contributed by atoms with van der Waals surface area (Å²) in [7, 11) is 0. The Bertz CT molecular complexity index is 395. The number of hydrogen-bond acceptors (Lipinski definition) is 4. The lowest BCUT2D eigenvalue weighted by atomic mass is 10.0. The second-order valence-electron chi connectivity index (χ2n) is 4.56. The van der Waals surface area contributed by atoms with Crippen molar-refractivity contribution in [2.75, 3.05) is 32.2 Å². The Hall–Kier alpha value is -0.710. The monoisotopic (exact) mass is 282 g/mol. The van der Waals surface area contributed by atoms with E-state index in [1.54, 1.807) is 0 Å². The van der Waals surface area contributed by atoms with Crippen LogP contribution in [0, 0.1) is 0 Å². The molecule has 2 rings (SSSR count). The van der Waals surface area contributed by atoms with Gasteiger partial charge in [-0.1, -0.05) is 6.07 Å². The Kier molecular flexibility index (Phi) is 6.01. The Morgan fingerprint density at radius 1 is 1.42 bits per heavy atom. The van der Waals surface area contributed by atoms with Crippen molar-refractivity contribution in [3.63, 3.8) is 0 Å². The van der Waals surface area contributed by atoms with Gasteiger partial charge in [0, 0.05) is 0 Å². The number of aliphatic hydroxyl groups excluding tert-OH is 1. The van der Waals surface area contributed by atoms with E-state index in [2.05, 4.69) is 12.1 Å². The number of rotatable bonds is 6. The van der Waals surface area contributed by atoms with E-state index < -0.39 is 0 Å². The van der Waals surface area contributed by atoms with E-state index in [9.17, 15) is 0 Å². The first kappa shape index (κ1) is 14.7. The first-order valence-electron chi connectivity index (χ1n) is 6.91. The topological polar surface area (TPSA) is 38.7 Å².